The molecular formula is C7H6N5O2. The summed E-state index contributed by atoms with van der Waals surface area (Å²) in [6, 6.07) is 0. The van der Waals surface area contributed by atoms with Gasteiger partial charge in [0.2, 0.25) is 11.9 Å². The van der Waals surface area contributed by atoms with Gasteiger partial charge in [-0.05, 0) is 0 Å². The maximum atomic E-state index is 11.3. The number of aromatic amines is 1. The van der Waals surface area contributed by atoms with Crippen LogP contribution in [0.5, 0.6) is 0 Å². The van der Waals surface area contributed by atoms with E-state index in [0.717, 1.165) is 0 Å². The van der Waals surface area contributed by atoms with Gasteiger partial charge in [-0.2, -0.15) is 10.3 Å². The highest BCUT2D eigenvalue weighted by atomic mass is 16.2. The van der Waals surface area contributed by atoms with E-state index in [-0.39, 0.29) is 17.6 Å². The smallest absolute Gasteiger partial charge is 0.302 e. The van der Waals surface area contributed by atoms with Crippen molar-refractivity contribution in [2.45, 2.75) is 6.92 Å². The van der Waals surface area contributed by atoms with Gasteiger partial charge in [-0.15, -0.1) is 0 Å². The fourth-order valence-corrected chi connectivity index (χ4v) is 1.02. The maximum Gasteiger partial charge on any atom is 0.302 e. The number of imidazole rings is 1. The highest BCUT2D eigenvalue weighted by molar-refractivity contribution is 6.13. The van der Waals surface area contributed by atoms with E-state index < -0.39 is 5.91 Å². The molecule has 0 saturated carbocycles. The van der Waals surface area contributed by atoms with Gasteiger partial charge in [0.1, 0.15) is 0 Å². The SMILES string of the molecule is CC(=O)NC1=Nc2[nH]cnc2C(=O)[N]1. The Kier molecular flexibility index (Phi) is 1.77. The molecule has 14 heavy (non-hydrogen) atoms. The van der Waals surface area contributed by atoms with Crippen LogP contribution in [-0.4, -0.2) is 27.7 Å². The van der Waals surface area contributed by atoms with Crippen molar-refractivity contribution in [3.05, 3.63) is 12.0 Å². The number of amides is 2. The predicted octanol–water partition coefficient (Wildman–Crippen LogP) is -0.709. The van der Waals surface area contributed by atoms with Gasteiger partial charge in [0, 0.05) is 6.92 Å². The fraction of sp³-hybridized carbons (Fsp3) is 0.143. The summed E-state index contributed by atoms with van der Waals surface area (Å²) in [5, 5.41) is 5.85. The zero-order chi connectivity index (χ0) is 10.1. The Morgan fingerprint density at radius 2 is 2.36 bits per heavy atom. The van der Waals surface area contributed by atoms with Crippen LogP contribution < -0.4 is 10.6 Å². The molecule has 1 aromatic heterocycles. The summed E-state index contributed by atoms with van der Waals surface area (Å²) in [5.74, 6) is -0.545. The molecule has 0 fully saturated rings. The van der Waals surface area contributed by atoms with E-state index in [4.69, 9.17) is 0 Å². The van der Waals surface area contributed by atoms with Gasteiger partial charge in [0.25, 0.3) is 0 Å². The first kappa shape index (κ1) is 8.42. The van der Waals surface area contributed by atoms with E-state index in [0.29, 0.717) is 5.82 Å². The fourth-order valence-electron chi connectivity index (χ4n) is 1.02. The molecule has 71 valence electrons. The molecule has 0 bridgehead atoms. The lowest BCUT2D eigenvalue weighted by Crippen LogP contribution is -2.40. The Labute approximate surface area is 78.6 Å². The molecular weight excluding hydrogens is 186 g/mol. The van der Waals surface area contributed by atoms with Crippen molar-refractivity contribution in [2.24, 2.45) is 4.99 Å². The third-order valence-electron chi connectivity index (χ3n) is 1.53. The van der Waals surface area contributed by atoms with Crippen LogP contribution in [0, 0.1) is 0 Å². The zero-order valence-corrected chi connectivity index (χ0v) is 7.24. The third kappa shape index (κ3) is 1.35. The van der Waals surface area contributed by atoms with Crippen molar-refractivity contribution in [3.8, 4) is 0 Å². The highest BCUT2D eigenvalue weighted by Gasteiger charge is 2.23. The summed E-state index contributed by atoms with van der Waals surface area (Å²) < 4.78 is 0. The van der Waals surface area contributed by atoms with Crippen molar-refractivity contribution >= 4 is 23.6 Å². The number of fused-ring (bicyclic) bond motifs is 1. The third-order valence-corrected chi connectivity index (χ3v) is 1.53. The molecule has 1 aromatic rings. The molecule has 2 N–H and O–H groups in total. The number of H-pyrrole nitrogens is 1. The number of nitrogens with one attached hydrogen (secondary N) is 2. The standard InChI is InChI=1S/C7H6N5O2/c1-3(13)10-7-11-5-4(6(14)12-7)8-2-9-5/h2H,1H3,(H,8,9)(H,10,11,13). The van der Waals surface area contributed by atoms with E-state index in [1.165, 1.54) is 13.3 Å². The average molecular weight is 192 g/mol. The largest absolute Gasteiger partial charge is 0.329 e. The zero-order valence-electron chi connectivity index (χ0n) is 7.24. The maximum absolute atomic E-state index is 11.3. The summed E-state index contributed by atoms with van der Waals surface area (Å²) in [6.45, 7) is 1.31. The Morgan fingerprint density at radius 1 is 1.57 bits per heavy atom. The Balaban J connectivity index is 2.33. The lowest BCUT2D eigenvalue weighted by molar-refractivity contribution is -0.117. The number of rotatable bonds is 0. The van der Waals surface area contributed by atoms with Gasteiger partial charge in [0.05, 0.1) is 6.33 Å². The number of aliphatic imine (C=N–C) groups is 1. The monoisotopic (exact) mass is 192 g/mol. The number of hydrogen-bond acceptors (Lipinski definition) is 4. The van der Waals surface area contributed by atoms with Gasteiger partial charge in [-0.25, -0.2) is 4.98 Å². The molecule has 7 heteroatoms. The molecule has 2 heterocycles. The normalized spacial score (nSPS) is 14.1. The van der Waals surface area contributed by atoms with Gasteiger partial charge in [-0.1, -0.05) is 0 Å². The van der Waals surface area contributed by atoms with Crippen molar-refractivity contribution in [1.29, 1.82) is 0 Å². The lowest BCUT2D eigenvalue weighted by atomic mass is 10.4. The molecule has 0 unspecified atom stereocenters. The van der Waals surface area contributed by atoms with Crippen LogP contribution >= 0.6 is 0 Å². The second-order valence-corrected chi connectivity index (χ2v) is 2.63. The summed E-state index contributed by atoms with van der Waals surface area (Å²) in [5.41, 5.74) is 0.166. The van der Waals surface area contributed by atoms with Crippen LogP contribution in [0.15, 0.2) is 11.3 Å². The Bertz CT molecular complexity index is 433. The van der Waals surface area contributed by atoms with Crippen molar-refractivity contribution in [3.63, 3.8) is 0 Å². The molecule has 1 aliphatic rings. The van der Waals surface area contributed by atoms with Crippen LogP contribution in [0.3, 0.4) is 0 Å². The molecule has 2 amide bonds. The van der Waals surface area contributed by atoms with Crippen LogP contribution in [0.2, 0.25) is 0 Å². The van der Waals surface area contributed by atoms with E-state index in [1.807, 2.05) is 0 Å². The van der Waals surface area contributed by atoms with E-state index >= 15 is 0 Å². The van der Waals surface area contributed by atoms with Crippen LogP contribution in [0.1, 0.15) is 17.4 Å². The summed E-state index contributed by atoms with van der Waals surface area (Å²) in [4.78, 5) is 32.2. The molecule has 0 aliphatic carbocycles. The topological polar surface area (TPSA) is 101 Å². The minimum absolute atomic E-state index is 0.0146. The molecule has 2 rings (SSSR count). The van der Waals surface area contributed by atoms with Gasteiger partial charge >= 0.3 is 5.91 Å². The second-order valence-electron chi connectivity index (χ2n) is 2.63. The molecule has 7 nitrogen and oxygen atoms in total. The molecule has 1 aliphatic heterocycles. The molecule has 0 saturated heterocycles. The van der Waals surface area contributed by atoms with Crippen molar-refractivity contribution in [2.75, 3.05) is 0 Å². The van der Waals surface area contributed by atoms with Crippen LogP contribution in [0.25, 0.3) is 0 Å². The van der Waals surface area contributed by atoms with Gasteiger partial charge in [-0.3, -0.25) is 14.9 Å². The van der Waals surface area contributed by atoms with Crippen molar-refractivity contribution in [1.82, 2.24) is 20.6 Å². The Morgan fingerprint density at radius 3 is 3.07 bits per heavy atom. The van der Waals surface area contributed by atoms with Crippen molar-refractivity contribution < 1.29 is 9.59 Å². The second kappa shape index (κ2) is 2.95. The van der Waals surface area contributed by atoms with E-state index in [1.54, 1.807) is 0 Å². The van der Waals surface area contributed by atoms with Crippen LogP contribution in [-0.2, 0) is 4.79 Å². The minimum Gasteiger partial charge on any atom is -0.329 e. The molecule has 0 atom stereocenters. The number of carbonyl (C=O) groups is 2. The first-order valence-corrected chi connectivity index (χ1v) is 3.82. The number of carbonyl (C=O) groups excluding carboxylic acids is 2. The van der Waals surface area contributed by atoms with E-state index in [2.05, 4.69) is 25.6 Å². The quantitative estimate of drug-likeness (QED) is 0.567. The predicted molar refractivity (Wildman–Crippen MR) is 46.0 cm³/mol. The number of nitrogens with zero attached hydrogens (tertiary/aromatic N) is 3. The number of guanidine groups is 1. The summed E-state index contributed by atoms with van der Waals surface area (Å²) in [7, 11) is 0. The number of hydrogen-bond donors (Lipinski definition) is 2. The minimum atomic E-state index is -0.514. The molecule has 0 spiro atoms. The molecule has 1 radical (unpaired) electrons. The van der Waals surface area contributed by atoms with Crippen LogP contribution in [0.4, 0.5) is 5.82 Å². The average Bonchev–Trinajstić information content (AvgIpc) is 2.50. The number of aromatic nitrogens is 2. The molecule has 0 aromatic carbocycles. The van der Waals surface area contributed by atoms with E-state index in [9.17, 15) is 9.59 Å². The highest BCUT2D eigenvalue weighted by Crippen LogP contribution is 2.16. The first-order chi connectivity index (χ1) is 6.66. The van der Waals surface area contributed by atoms with Gasteiger partial charge in [0.15, 0.2) is 11.5 Å². The lowest BCUT2D eigenvalue weighted by Gasteiger charge is -2.09. The summed E-state index contributed by atoms with van der Waals surface area (Å²) in [6.07, 6.45) is 1.35. The first-order valence-electron chi connectivity index (χ1n) is 3.82. The van der Waals surface area contributed by atoms with Gasteiger partial charge < -0.3 is 4.98 Å². The summed E-state index contributed by atoms with van der Waals surface area (Å²) >= 11 is 0. The Hall–Kier alpha value is -2.18.